The Hall–Kier alpha value is -1.83. The highest BCUT2D eigenvalue weighted by atomic mass is 32.2. The zero-order valence-corrected chi connectivity index (χ0v) is 13.7. The van der Waals surface area contributed by atoms with Crippen molar-refractivity contribution in [3.63, 3.8) is 0 Å². The van der Waals surface area contributed by atoms with Crippen molar-refractivity contribution in [3.05, 3.63) is 30.4 Å². The lowest BCUT2D eigenvalue weighted by Crippen LogP contribution is -2.11. The van der Waals surface area contributed by atoms with E-state index >= 15 is 0 Å². The number of hydrogen-bond acceptors (Lipinski definition) is 5. The summed E-state index contributed by atoms with van der Waals surface area (Å²) in [5.41, 5.74) is 2.07. The number of hydrogen-bond donors (Lipinski definition) is 1. The van der Waals surface area contributed by atoms with Gasteiger partial charge < -0.3 is 5.32 Å². The fraction of sp³-hybridized carbons (Fsp3) is 0.600. The normalized spacial score (nSPS) is 23.2. The second-order valence-corrected chi connectivity index (χ2v) is 8.80. The van der Waals surface area contributed by atoms with Gasteiger partial charge in [-0.3, -0.25) is 9.36 Å². The summed E-state index contributed by atoms with van der Waals surface area (Å²) in [6.45, 7) is 1.70. The Morgan fingerprint density at radius 3 is 2.87 bits per heavy atom. The van der Waals surface area contributed by atoms with Crippen molar-refractivity contribution in [1.29, 1.82) is 0 Å². The predicted molar refractivity (Wildman–Crippen MR) is 86.8 cm³/mol. The van der Waals surface area contributed by atoms with E-state index < -0.39 is 9.84 Å². The molecule has 3 heterocycles. The van der Waals surface area contributed by atoms with Gasteiger partial charge >= 0.3 is 0 Å². The maximum atomic E-state index is 11.6. The molecule has 23 heavy (non-hydrogen) atoms. The highest BCUT2D eigenvalue weighted by Crippen LogP contribution is 2.30. The third-order valence-corrected chi connectivity index (χ3v) is 6.34. The van der Waals surface area contributed by atoms with Gasteiger partial charge in [-0.1, -0.05) is 0 Å². The van der Waals surface area contributed by atoms with Gasteiger partial charge in [0.05, 0.1) is 41.7 Å². The molecule has 0 amide bonds. The summed E-state index contributed by atoms with van der Waals surface area (Å²) in [5.74, 6) is 1.25. The minimum absolute atomic E-state index is 0.0315. The van der Waals surface area contributed by atoms with Crippen LogP contribution in [0, 0.1) is 5.92 Å². The number of aromatic nitrogens is 4. The first-order valence-electron chi connectivity index (χ1n) is 8.08. The van der Waals surface area contributed by atoms with Crippen LogP contribution in [0.15, 0.2) is 24.7 Å². The number of nitrogens with one attached hydrogen (secondary N) is 1. The Balaban J connectivity index is 1.37. The topological polar surface area (TPSA) is 81.8 Å². The monoisotopic (exact) mass is 335 g/mol. The van der Waals surface area contributed by atoms with Crippen molar-refractivity contribution in [1.82, 2.24) is 19.6 Å². The van der Waals surface area contributed by atoms with Crippen molar-refractivity contribution in [2.45, 2.75) is 38.4 Å². The molecule has 0 bridgehead atoms. The molecular weight excluding hydrogens is 314 g/mol. The number of sulfone groups is 1. The van der Waals surface area contributed by atoms with Gasteiger partial charge in [0.1, 0.15) is 0 Å². The van der Waals surface area contributed by atoms with Gasteiger partial charge in [0.25, 0.3) is 0 Å². The maximum Gasteiger partial charge on any atom is 0.152 e. The SMILES string of the molecule is O=S1(=O)CCC(n2cc(NCc3ccnn3CC3CC3)cn2)C1. The fourth-order valence-corrected chi connectivity index (χ4v) is 4.73. The maximum absolute atomic E-state index is 11.6. The molecule has 1 aliphatic heterocycles. The van der Waals surface area contributed by atoms with Crippen LogP contribution in [0.1, 0.15) is 31.0 Å². The van der Waals surface area contributed by atoms with Crippen LogP contribution in [-0.4, -0.2) is 39.5 Å². The number of rotatable bonds is 6. The Morgan fingerprint density at radius 2 is 2.13 bits per heavy atom. The van der Waals surface area contributed by atoms with E-state index in [-0.39, 0.29) is 17.5 Å². The second-order valence-electron chi connectivity index (χ2n) is 6.57. The standard InChI is InChI=1S/C15H21N5O2S/c21-23(22)6-4-15(11-23)20-10-13(7-18-20)16-8-14-3-5-17-19(14)9-12-1-2-12/h3,5,7,10,12,15-16H,1-2,4,6,8-9,11H2. The third kappa shape index (κ3) is 3.41. The van der Waals surface area contributed by atoms with Crippen molar-refractivity contribution < 1.29 is 8.42 Å². The fourth-order valence-electron chi connectivity index (χ4n) is 3.03. The smallest absolute Gasteiger partial charge is 0.152 e. The van der Waals surface area contributed by atoms with Crippen LogP contribution in [0.25, 0.3) is 0 Å². The molecule has 0 spiro atoms. The van der Waals surface area contributed by atoms with Gasteiger partial charge in [0, 0.05) is 18.9 Å². The quantitative estimate of drug-likeness (QED) is 0.864. The summed E-state index contributed by atoms with van der Waals surface area (Å²) in [7, 11) is -2.89. The van der Waals surface area contributed by atoms with Crippen LogP contribution in [0.4, 0.5) is 5.69 Å². The van der Waals surface area contributed by atoms with E-state index in [9.17, 15) is 8.42 Å². The molecule has 2 aromatic rings. The summed E-state index contributed by atoms with van der Waals surface area (Å²) in [4.78, 5) is 0. The molecule has 1 N–H and O–H groups in total. The van der Waals surface area contributed by atoms with Crippen molar-refractivity contribution >= 4 is 15.5 Å². The van der Waals surface area contributed by atoms with Crippen LogP contribution < -0.4 is 5.32 Å². The van der Waals surface area contributed by atoms with Gasteiger partial charge in [0.15, 0.2) is 9.84 Å². The molecule has 2 aliphatic rings. The number of anilines is 1. The highest BCUT2D eigenvalue weighted by Gasteiger charge is 2.29. The van der Waals surface area contributed by atoms with Gasteiger partial charge in [-0.05, 0) is 31.2 Å². The van der Waals surface area contributed by atoms with Crippen LogP contribution in [0.2, 0.25) is 0 Å². The van der Waals surface area contributed by atoms with E-state index in [0.717, 1.165) is 23.8 Å². The minimum atomic E-state index is -2.89. The molecule has 0 radical (unpaired) electrons. The molecule has 1 saturated carbocycles. The third-order valence-electron chi connectivity index (χ3n) is 4.59. The first-order valence-corrected chi connectivity index (χ1v) is 9.90. The second kappa shape index (κ2) is 5.67. The van der Waals surface area contributed by atoms with Crippen molar-refractivity contribution in [2.75, 3.05) is 16.8 Å². The summed E-state index contributed by atoms with van der Waals surface area (Å²) in [6.07, 6.45) is 8.76. The molecule has 0 aromatic carbocycles. The van der Waals surface area contributed by atoms with Gasteiger partial charge in [-0.2, -0.15) is 10.2 Å². The van der Waals surface area contributed by atoms with E-state index in [0.29, 0.717) is 13.0 Å². The summed E-state index contributed by atoms with van der Waals surface area (Å²) >= 11 is 0. The lowest BCUT2D eigenvalue weighted by atomic mass is 10.3. The summed E-state index contributed by atoms with van der Waals surface area (Å²) in [5, 5.41) is 12.0. The first-order chi connectivity index (χ1) is 11.1. The molecule has 8 heteroatoms. The lowest BCUT2D eigenvalue weighted by molar-refractivity contribution is 0.500. The van der Waals surface area contributed by atoms with Gasteiger partial charge in [0.2, 0.25) is 0 Å². The molecule has 2 fully saturated rings. The highest BCUT2D eigenvalue weighted by molar-refractivity contribution is 7.91. The van der Waals surface area contributed by atoms with E-state index in [4.69, 9.17) is 0 Å². The molecule has 7 nitrogen and oxygen atoms in total. The minimum Gasteiger partial charge on any atom is -0.377 e. The first kappa shape index (κ1) is 14.7. The van der Waals surface area contributed by atoms with E-state index in [1.165, 1.54) is 12.8 Å². The molecule has 1 atom stereocenters. The van der Waals surface area contributed by atoms with Crippen LogP contribution in [0.3, 0.4) is 0 Å². The average Bonchev–Trinajstić information content (AvgIpc) is 2.89. The molecule has 1 aliphatic carbocycles. The van der Waals surface area contributed by atoms with Crippen molar-refractivity contribution in [2.24, 2.45) is 5.92 Å². The molecule has 1 unspecified atom stereocenters. The lowest BCUT2D eigenvalue weighted by Gasteiger charge is -2.09. The molecule has 124 valence electrons. The summed E-state index contributed by atoms with van der Waals surface area (Å²) < 4.78 is 27.0. The van der Waals surface area contributed by atoms with Crippen LogP contribution >= 0.6 is 0 Å². The Bertz CT molecular complexity index is 790. The number of nitrogens with zero attached hydrogens (tertiary/aromatic N) is 4. The largest absolute Gasteiger partial charge is 0.377 e. The zero-order valence-electron chi connectivity index (χ0n) is 12.9. The Labute approximate surface area is 135 Å². The average molecular weight is 335 g/mol. The Morgan fingerprint density at radius 1 is 1.26 bits per heavy atom. The van der Waals surface area contributed by atoms with Gasteiger partial charge in [-0.15, -0.1) is 0 Å². The van der Waals surface area contributed by atoms with E-state index in [2.05, 4.69) is 20.2 Å². The van der Waals surface area contributed by atoms with Gasteiger partial charge in [-0.25, -0.2) is 8.42 Å². The van der Waals surface area contributed by atoms with E-state index in [1.807, 2.05) is 18.5 Å². The predicted octanol–water partition coefficient (Wildman–Crippen LogP) is 1.46. The van der Waals surface area contributed by atoms with Crippen molar-refractivity contribution in [3.8, 4) is 0 Å². The molecular formula is C15H21N5O2S. The molecule has 2 aromatic heterocycles. The van der Waals surface area contributed by atoms with Crippen LogP contribution in [-0.2, 0) is 22.9 Å². The zero-order chi connectivity index (χ0) is 15.9. The molecule has 1 saturated heterocycles. The molecule has 4 rings (SSSR count). The summed E-state index contributed by atoms with van der Waals surface area (Å²) in [6, 6.07) is 2.00. The Kier molecular flexibility index (Phi) is 3.63. The van der Waals surface area contributed by atoms with Crippen LogP contribution in [0.5, 0.6) is 0 Å². The van der Waals surface area contributed by atoms with E-state index in [1.54, 1.807) is 10.9 Å².